The summed E-state index contributed by atoms with van der Waals surface area (Å²) in [4.78, 5) is 2.64. The van der Waals surface area contributed by atoms with E-state index in [1.54, 1.807) is 21.7 Å². The van der Waals surface area contributed by atoms with Crippen molar-refractivity contribution in [2.24, 2.45) is 0 Å². The van der Waals surface area contributed by atoms with Crippen LogP contribution in [-0.4, -0.2) is 26.3 Å². The third kappa shape index (κ3) is 2.57. The fraction of sp³-hybridized carbons (Fsp3) is 0.429. The van der Waals surface area contributed by atoms with Gasteiger partial charge in [-0.3, -0.25) is 0 Å². The predicted molar refractivity (Wildman–Crippen MR) is 87.4 cm³/mol. The molecule has 0 bridgehead atoms. The molecule has 1 aliphatic rings. The first-order valence-electron chi connectivity index (χ1n) is 6.84. The van der Waals surface area contributed by atoms with Crippen molar-refractivity contribution in [3.8, 4) is 0 Å². The average molecular weight is 343 g/mol. The summed E-state index contributed by atoms with van der Waals surface area (Å²) in [7, 11) is -1.60. The molecule has 0 aliphatic carbocycles. The summed E-state index contributed by atoms with van der Waals surface area (Å²) in [5.74, 6) is 0. The Labute approximate surface area is 133 Å². The minimum Gasteiger partial charge on any atom is -0.315 e. The van der Waals surface area contributed by atoms with Crippen molar-refractivity contribution in [2.45, 2.75) is 30.8 Å². The highest BCUT2D eigenvalue weighted by molar-refractivity contribution is 7.89. The quantitative estimate of drug-likeness (QED) is 0.929. The molecule has 114 valence electrons. The van der Waals surface area contributed by atoms with E-state index in [2.05, 4.69) is 11.4 Å². The van der Waals surface area contributed by atoms with Crippen molar-refractivity contribution < 1.29 is 8.42 Å². The maximum absolute atomic E-state index is 13.0. The lowest BCUT2D eigenvalue weighted by atomic mass is 10.0. The highest BCUT2D eigenvalue weighted by atomic mass is 32.2. The number of rotatable bonds is 4. The van der Waals surface area contributed by atoms with Crippen LogP contribution < -0.4 is 5.32 Å². The van der Waals surface area contributed by atoms with Crippen molar-refractivity contribution in [1.82, 2.24) is 9.62 Å². The number of hydrogen-bond donors (Lipinski definition) is 1. The molecule has 4 nitrogen and oxygen atoms in total. The molecule has 0 aromatic carbocycles. The topological polar surface area (TPSA) is 49.4 Å². The second kappa shape index (κ2) is 5.81. The Balaban J connectivity index is 1.98. The number of fused-ring (bicyclic) bond motifs is 1. The second-order valence-corrected chi connectivity index (χ2v) is 8.94. The van der Waals surface area contributed by atoms with Gasteiger partial charge >= 0.3 is 0 Å². The van der Waals surface area contributed by atoms with E-state index in [9.17, 15) is 8.42 Å². The van der Waals surface area contributed by atoms with Gasteiger partial charge in [0.2, 0.25) is 10.0 Å². The molecule has 1 atom stereocenters. The summed E-state index contributed by atoms with van der Waals surface area (Å²) in [6.45, 7) is 3.12. The minimum atomic E-state index is -3.43. The third-order valence-corrected chi connectivity index (χ3v) is 7.95. The zero-order valence-electron chi connectivity index (χ0n) is 12.0. The smallest absolute Gasteiger partial charge is 0.244 e. The van der Waals surface area contributed by atoms with Crippen molar-refractivity contribution in [3.05, 3.63) is 38.2 Å². The Morgan fingerprint density at radius 3 is 2.86 bits per heavy atom. The number of nitrogens with zero attached hydrogens (tertiary/aromatic N) is 1. The van der Waals surface area contributed by atoms with Crippen LogP contribution in [0, 0.1) is 0 Å². The molecule has 0 saturated carbocycles. The molecule has 0 fully saturated rings. The monoisotopic (exact) mass is 342 g/mol. The average Bonchev–Trinajstić information content (AvgIpc) is 3.08. The SMILES string of the molecule is CNCc1sccc1S(=O)(=O)N1CCc2sccc2C1C. The molecular weight excluding hydrogens is 324 g/mol. The van der Waals surface area contributed by atoms with E-state index < -0.39 is 10.0 Å². The van der Waals surface area contributed by atoms with Gasteiger partial charge in [-0.2, -0.15) is 4.31 Å². The van der Waals surface area contributed by atoms with E-state index in [1.165, 1.54) is 16.2 Å². The summed E-state index contributed by atoms with van der Waals surface area (Å²) in [5, 5.41) is 6.94. The van der Waals surface area contributed by atoms with Gasteiger partial charge in [0.15, 0.2) is 0 Å². The molecule has 0 spiro atoms. The van der Waals surface area contributed by atoms with Gasteiger partial charge in [-0.05, 0) is 48.8 Å². The molecule has 7 heteroatoms. The van der Waals surface area contributed by atoms with E-state index in [-0.39, 0.29) is 6.04 Å². The molecule has 0 amide bonds. The van der Waals surface area contributed by atoms with Gasteiger partial charge < -0.3 is 5.32 Å². The Morgan fingerprint density at radius 2 is 2.10 bits per heavy atom. The van der Waals surface area contributed by atoms with E-state index >= 15 is 0 Å². The van der Waals surface area contributed by atoms with Gasteiger partial charge in [-0.1, -0.05) is 0 Å². The maximum atomic E-state index is 13.0. The number of thiophene rings is 2. The van der Waals surface area contributed by atoms with Gasteiger partial charge in [-0.15, -0.1) is 22.7 Å². The largest absolute Gasteiger partial charge is 0.315 e. The zero-order chi connectivity index (χ0) is 15.0. The Bertz CT molecular complexity index is 733. The van der Waals surface area contributed by atoms with Crippen molar-refractivity contribution in [1.29, 1.82) is 0 Å². The summed E-state index contributed by atoms with van der Waals surface area (Å²) >= 11 is 3.21. The van der Waals surface area contributed by atoms with Gasteiger partial charge in [0.05, 0.1) is 4.90 Å². The first-order valence-corrected chi connectivity index (χ1v) is 10.0. The minimum absolute atomic E-state index is 0.0904. The Morgan fingerprint density at radius 1 is 1.33 bits per heavy atom. The standard InChI is InChI=1S/C14H18N2O2S3/c1-10-11-4-7-19-12(11)3-6-16(10)21(17,18)14-5-8-20-13(14)9-15-2/h4-5,7-8,10,15H,3,6,9H2,1-2H3. The Hall–Kier alpha value is -0.730. The molecular formula is C14H18N2O2S3. The molecule has 2 aromatic rings. The summed E-state index contributed by atoms with van der Waals surface area (Å²) in [5.41, 5.74) is 1.15. The summed E-state index contributed by atoms with van der Waals surface area (Å²) in [6, 6.07) is 3.68. The first kappa shape index (κ1) is 15.2. The predicted octanol–water partition coefficient (Wildman–Crippen LogP) is 2.84. The lowest BCUT2D eigenvalue weighted by Gasteiger charge is -2.32. The van der Waals surface area contributed by atoms with Crippen molar-refractivity contribution in [3.63, 3.8) is 0 Å². The van der Waals surface area contributed by atoms with Crippen LogP contribution in [0.5, 0.6) is 0 Å². The van der Waals surface area contributed by atoms with Crippen LogP contribution in [0.15, 0.2) is 27.8 Å². The van der Waals surface area contributed by atoms with E-state index in [0.29, 0.717) is 18.0 Å². The zero-order valence-corrected chi connectivity index (χ0v) is 14.4. The molecule has 0 saturated heterocycles. The fourth-order valence-electron chi connectivity index (χ4n) is 2.79. The molecule has 1 unspecified atom stereocenters. The van der Waals surface area contributed by atoms with Crippen LogP contribution in [0.3, 0.4) is 0 Å². The first-order chi connectivity index (χ1) is 10.1. The summed E-state index contributed by atoms with van der Waals surface area (Å²) < 4.78 is 27.6. The second-order valence-electron chi connectivity index (χ2n) is 5.08. The lowest BCUT2D eigenvalue weighted by Crippen LogP contribution is -2.38. The number of nitrogens with one attached hydrogen (secondary N) is 1. The van der Waals surface area contributed by atoms with Gasteiger partial charge in [0.1, 0.15) is 0 Å². The van der Waals surface area contributed by atoms with Crippen LogP contribution in [0.2, 0.25) is 0 Å². The van der Waals surface area contributed by atoms with Gasteiger partial charge in [0.25, 0.3) is 0 Å². The normalized spacial score (nSPS) is 19.6. The van der Waals surface area contributed by atoms with E-state index in [4.69, 9.17) is 0 Å². The maximum Gasteiger partial charge on any atom is 0.244 e. The number of hydrogen-bond acceptors (Lipinski definition) is 5. The van der Waals surface area contributed by atoms with Gasteiger partial charge in [0, 0.05) is 28.9 Å². The molecule has 3 rings (SSSR count). The van der Waals surface area contributed by atoms with Crippen molar-refractivity contribution in [2.75, 3.05) is 13.6 Å². The molecule has 3 heterocycles. The molecule has 1 aliphatic heterocycles. The molecule has 0 radical (unpaired) electrons. The van der Waals surface area contributed by atoms with E-state index in [1.807, 2.05) is 24.7 Å². The molecule has 21 heavy (non-hydrogen) atoms. The van der Waals surface area contributed by atoms with Crippen LogP contribution >= 0.6 is 22.7 Å². The third-order valence-electron chi connectivity index (χ3n) is 3.85. The van der Waals surface area contributed by atoms with Gasteiger partial charge in [-0.25, -0.2) is 8.42 Å². The lowest BCUT2D eigenvalue weighted by molar-refractivity contribution is 0.329. The Kier molecular flexibility index (Phi) is 4.20. The summed E-state index contributed by atoms with van der Waals surface area (Å²) in [6.07, 6.45) is 0.808. The number of sulfonamides is 1. The van der Waals surface area contributed by atoms with E-state index in [0.717, 1.165) is 16.9 Å². The highest BCUT2D eigenvalue weighted by Crippen LogP contribution is 2.37. The van der Waals surface area contributed by atoms with Crippen LogP contribution in [0.4, 0.5) is 0 Å². The van der Waals surface area contributed by atoms with Crippen molar-refractivity contribution >= 4 is 32.7 Å². The molecule has 2 aromatic heterocycles. The van der Waals surface area contributed by atoms with Crippen LogP contribution in [-0.2, 0) is 23.0 Å². The highest BCUT2D eigenvalue weighted by Gasteiger charge is 2.35. The van der Waals surface area contributed by atoms with Crippen LogP contribution in [0.1, 0.15) is 28.3 Å². The fourth-order valence-corrected chi connectivity index (χ4v) is 6.79. The molecule has 1 N–H and O–H groups in total. The van der Waals surface area contributed by atoms with Crippen LogP contribution in [0.25, 0.3) is 0 Å².